The molecule has 1 N–H and O–H groups in total. The Bertz CT molecular complexity index is 692. The Morgan fingerprint density at radius 1 is 1.20 bits per heavy atom. The Labute approximate surface area is 113 Å². The quantitative estimate of drug-likeness (QED) is 0.774. The molecule has 3 aromatic rings. The van der Waals surface area contributed by atoms with E-state index in [1.54, 1.807) is 30.5 Å². The summed E-state index contributed by atoms with van der Waals surface area (Å²) in [6.45, 7) is 0.124. The van der Waals surface area contributed by atoms with Crippen molar-refractivity contribution >= 4 is 5.91 Å². The maximum atomic E-state index is 11.6. The summed E-state index contributed by atoms with van der Waals surface area (Å²) in [4.78, 5) is 15.7. The average Bonchev–Trinajstić information content (AvgIpc) is 3.17. The Kier molecular flexibility index (Phi) is 3.24. The van der Waals surface area contributed by atoms with Crippen molar-refractivity contribution in [1.82, 2.24) is 20.5 Å². The smallest absolute Gasteiger partial charge is 0.287 e. The van der Waals surface area contributed by atoms with E-state index in [2.05, 4.69) is 20.5 Å². The third-order valence-electron chi connectivity index (χ3n) is 2.50. The van der Waals surface area contributed by atoms with Crippen LogP contribution in [0.2, 0.25) is 0 Å². The van der Waals surface area contributed by atoms with Gasteiger partial charge >= 0.3 is 0 Å². The molecule has 0 radical (unpaired) electrons. The third-order valence-corrected chi connectivity index (χ3v) is 2.50. The third kappa shape index (κ3) is 2.56. The number of hydrogen-bond acceptors (Lipinski definition) is 6. The van der Waals surface area contributed by atoms with Gasteiger partial charge in [-0.1, -0.05) is 6.07 Å². The zero-order valence-corrected chi connectivity index (χ0v) is 10.3. The van der Waals surface area contributed by atoms with Crippen LogP contribution >= 0.6 is 0 Å². The number of carbonyl (C=O) groups excluding carboxylic acids is 1. The molecular weight excluding hydrogens is 260 g/mol. The van der Waals surface area contributed by atoms with Gasteiger partial charge in [0, 0.05) is 6.20 Å². The minimum absolute atomic E-state index is 0.124. The van der Waals surface area contributed by atoms with Crippen molar-refractivity contribution in [2.45, 2.75) is 6.54 Å². The van der Waals surface area contributed by atoms with E-state index in [0.29, 0.717) is 17.5 Å². The zero-order chi connectivity index (χ0) is 13.8. The number of nitrogens with one attached hydrogen (secondary N) is 1. The van der Waals surface area contributed by atoms with E-state index < -0.39 is 0 Å². The first-order valence-electron chi connectivity index (χ1n) is 5.88. The second kappa shape index (κ2) is 5.35. The molecule has 0 aliphatic heterocycles. The summed E-state index contributed by atoms with van der Waals surface area (Å²) >= 11 is 0. The van der Waals surface area contributed by atoms with Crippen LogP contribution in [-0.2, 0) is 6.54 Å². The van der Waals surface area contributed by atoms with Crippen LogP contribution in [0.5, 0.6) is 0 Å². The first-order chi connectivity index (χ1) is 9.83. The van der Waals surface area contributed by atoms with Gasteiger partial charge in [-0.3, -0.25) is 9.78 Å². The highest BCUT2D eigenvalue weighted by molar-refractivity contribution is 5.91. The summed E-state index contributed by atoms with van der Waals surface area (Å²) in [5, 5.41) is 10.3. The number of amides is 1. The largest absolute Gasteiger partial charge is 0.459 e. The van der Waals surface area contributed by atoms with Gasteiger partial charge in [-0.05, 0) is 24.3 Å². The highest BCUT2D eigenvalue weighted by Gasteiger charge is 2.12. The van der Waals surface area contributed by atoms with Crippen LogP contribution in [0.4, 0.5) is 0 Å². The van der Waals surface area contributed by atoms with Crippen LogP contribution in [0.25, 0.3) is 11.6 Å². The fraction of sp³-hybridized carbons (Fsp3) is 0.0769. The van der Waals surface area contributed by atoms with Gasteiger partial charge in [0.05, 0.1) is 12.8 Å². The molecule has 100 valence electrons. The van der Waals surface area contributed by atoms with Gasteiger partial charge < -0.3 is 14.2 Å². The molecule has 20 heavy (non-hydrogen) atoms. The molecule has 3 rings (SSSR count). The maximum Gasteiger partial charge on any atom is 0.287 e. The molecule has 0 bridgehead atoms. The van der Waals surface area contributed by atoms with Crippen LogP contribution < -0.4 is 5.32 Å². The summed E-state index contributed by atoms with van der Waals surface area (Å²) < 4.78 is 10.4. The van der Waals surface area contributed by atoms with Crippen molar-refractivity contribution in [2.75, 3.05) is 0 Å². The van der Waals surface area contributed by atoms with Crippen LogP contribution in [-0.4, -0.2) is 21.1 Å². The molecular formula is C13H10N4O3. The van der Waals surface area contributed by atoms with Crippen molar-refractivity contribution in [1.29, 1.82) is 0 Å². The molecule has 0 fully saturated rings. The minimum atomic E-state index is -0.340. The Balaban J connectivity index is 1.65. The molecule has 1 amide bonds. The highest BCUT2D eigenvalue weighted by Crippen LogP contribution is 2.14. The molecule has 0 aliphatic carbocycles. The van der Waals surface area contributed by atoms with Crippen molar-refractivity contribution in [3.8, 4) is 11.6 Å². The summed E-state index contributed by atoms with van der Waals surface area (Å²) in [6.07, 6.45) is 3.07. The Morgan fingerprint density at radius 2 is 2.15 bits per heavy atom. The maximum absolute atomic E-state index is 11.6. The molecule has 3 heterocycles. The van der Waals surface area contributed by atoms with Gasteiger partial charge in [0.15, 0.2) is 5.76 Å². The molecule has 7 nitrogen and oxygen atoms in total. The number of rotatable bonds is 4. The van der Waals surface area contributed by atoms with Crippen LogP contribution in [0.15, 0.2) is 51.6 Å². The monoisotopic (exact) mass is 270 g/mol. The predicted octanol–water partition coefficient (Wildman–Crippen LogP) is 1.65. The van der Waals surface area contributed by atoms with E-state index in [1.807, 2.05) is 6.07 Å². The molecule has 0 saturated carbocycles. The minimum Gasteiger partial charge on any atom is -0.459 e. The second-order valence-electron chi connectivity index (χ2n) is 3.88. The number of pyridine rings is 1. The topological polar surface area (TPSA) is 94.1 Å². The summed E-state index contributed by atoms with van der Waals surface area (Å²) in [6, 6.07) is 8.59. The van der Waals surface area contributed by atoms with Crippen LogP contribution in [0.3, 0.4) is 0 Å². The lowest BCUT2D eigenvalue weighted by Crippen LogP contribution is -2.22. The van der Waals surface area contributed by atoms with Crippen molar-refractivity contribution < 1.29 is 13.6 Å². The first kappa shape index (κ1) is 12.1. The fourth-order valence-electron chi connectivity index (χ4n) is 1.57. The number of hydrogen-bond donors (Lipinski definition) is 1. The Hall–Kier alpha value is -2.96. The van der Waals surface area contributed by atoms with E-state index in [4.69, 9.17) is 8.83 Å². The van der Waals surface area contributed by atoms with Crippen LogP contribution in [0.1, 0.15) is 16.4 Å². The van der Waals surface area contributed by atoms with E-state index in [9.17, 15) is 4.79 Å². The summed E-state index contributed by atoms with van der Waals surface area (Å²) in [5.74, 6) is 0.500. The van der Waals surface area contributed by atoms with E-state index in [0.717, 1.165) is 0 Å². The Morgan fingerprint density at radius 3 is 2.90 bits per heavy atom. The molecule has 0 aromatic carbocycles. The fourth-order valence-corrected chi connectivity index (χ4v) is 1.57. The summed E-state index contributed by atoms with van der Waals surface area (Å²) in [5.41, 5.74) is 0.587. The number of furan rings is 1. The van der Waals surface area contributed by atoms with Gasteiger partial charge in [0.1, 0.15) is 5.69 Å². The number of nitrogens with zero attached hydrogens (tertiary/aromatic N) is 3. The van der Waals surface area contributed by atoms with Crippen molar-refractivity contribution in [3.05, 3.63) is 54.4 Å². The molecule has 3 aromatic heterocycles. The second-order valence-corrected chi connectivity index (χ2v) is 3.88. The number of carbonyl (C=O) groups is 1. The van der Waals surface area contributed by atoms with Gasteiger partial charge in [0.2, 0.25) is 5.89 Å². The molecule has 0 aliphatic rings. The van der Waals surface area contributed by atoms with Crippen molar-refractivity contribution in [3.63, 3.8) is 0 Å². The average molecular weight is 270 g/mol. The summed E-state index contributed by atoms with van der Waals surface area (Å²) in [7, 11) is 0. The normalized spacial score (nSPS) is 10.4. The standard InChI is InChI=1S/C13H10N4O3/c18-12(10-5-3-7-19-10)15-8-11-16-17-13(20-11)9-4-1-2-6-14-9/h1-7H,8H2,(H,15,18). The predicted molar refractivity (Wildman–Crippen MR) is 67.4 cm³/mol. The van der Waals surface area contributed by atoms with Gasteiger partial charge in [-0.2, -0.15) is 0 Å². The van der Waals surface area contributed by atoms with Gasteiger partial charge in [-0.15, -0.1) is 10.2 Å². The van der Waals surface area contributed by atoms with Crippen LogP contribution in [0, 0.1) is 0 Å². The lowest BCUT2D eigenvalue weighted by Gasteiger charge is -1.98. The number of aromatic nitrogens is 3. The van der Waals surface area contributed by atoms with Gasteiger partial charge in [-0.25, -0.2) is 0 Å². The molecule has 0 atom stereocenters. The van der Waals surface area contributed by atoms with Gasteiger partial charge in [0.25, 0.3) is 11.8 Å². The SMILES string of the molecule is O=C(NCc1nnc(-c2ccccn2)o1)c1ccco1. The van der Waals surface area contributed by atoms with E-state index >= 15 is 0 Å². The van der Waals surface area contributed by atoms with Crippen molar-refractivity contribution in [2.24, 2.45) is 0 Å². The first-order valence-corrected chi connectivity index (χ1v) is 5.88. The molecule has 0 saturated heterocycles. The van der Waals surface area contributed by atoms with E-state index in [-0.39, 0.29) is 18.2 Å². The highest BCUT2D eigenvalue weighted by atomic mass is 16.4. The molecule has 0 spiro atoms. The molecule has 0 unspecified atom stereocenters. The lowest BCUT2D eigenvalue weighted by atomic mass is 10.3. The lowest BCUT2D eigenvalue weighted by molar-refractivity contribution is 0.0919. The van der Waals surface area contributed by atoms with E-state index in [1.165, 1.54) is 6.26 Å². The zero-order valence-electron chi connectivity index (χ0n) is 10.3. The molecule has 7 heteroatoms.